The number of nitrogens with one attached hydrogen (secondary N) is 1. The molecule has 1 saturated heterocycles. The van der Waals surface area contributed by atoms with Crippen LogP contribution >= 0.6 is 0 Å². The third-order valence-corrected chi connectivity index (χ3v) is 4.42. The smallest absolute Gasteiger partial charge is 0.282 e. The first-order valence-electron chi connectivity index (χ1n) is 7.10. The van der Waals surface area contributed by atoms with Gasteiger partial charge in [-0.15, -0.1) is 0 Å². The second-order valence-electron chi connectivity index (χ2n) is 5.83. The van der Waals surface area contributed by atoms with Crippen LogP contribution in [0.25, 0.3) is 0 Å². The highest BCUT2D eigenvalue weighted by molar-refractivity contribution is 5.99. The van der Waals surface area contributed by atoms with Crippen molar-refractivity contribution in [1.82, 2.24) is 10.2 Å². The lowest BCUT2D eigenvalue weighted by molar-refractivity contribution is -0.385. The van der Waals surface area contributed by atoms with E-state index in [9.17, 15) is 14.9 Å². The zero-order chi connectivity index (χ0) is 15.6. The van der Waals surface area contributed by atoms with Crippen molar-refractivity contribution in [2.75, 3.05) is 20.1 Å². The Kier molecular flexibility index (Phi) is 4.27. The van der Waals surface area contributed by atoms with Gasteiger partial charge in [0.05, 0.1) is 4.92 Å². The van der Waals surface area contributed by atoms with Crippen LogP contribution in [0.15, 0.2) is 18.2 Å². The zero-order valence-corrected chi connectivity index (χ0v) is 12.7. The van der Waals surface area contributed by atoms with Gasteiger partial charge in [-0.1, -0.05) is 12.1 Å². The molecule has 1 fully saturated rings. The van der Waals surface area contributed by atoms with E-state index in [1.807, 2.05) is 7.05 Å². The number of hydrogen-bond donors (Lipinski definition) is 1. The van der Waals surface area contributed by atoms with Crippen LogP contribution in [0.5, 0.6) is 0 Å². The number of benzene rings is 1. The van der Waals surface area contributed by atoms with Gasteiger partial charge in [0.1, 0.15) is 5.56 Å². The number of nitrogens with zero attached hydrogens (tertiary/aromatic N) is 2. The average molecular weight is 291 g/mol. The molecule has 1 aromatic carbocycles. The molecule has 1 heterocycles. The van der Waals surface area contributed by atoms with E-state index in [1.165, 1.54) is 6.07 Å². The molecule has 0 radical (unpaired) electrons. The molecule has 114 valence electrons. The minimum absolute atomic E-state index is 0.0362. The van der Waals surface area contributed by atoms with Crippen LogP contribution in [0.4, 0.5) is 5.69 Å². The molecule has 0 bridgehead atoms. The number of piperidine rings is 1. The number of carbonyl (C=O) groups is 1. The fourth-order valence-electron chi connectivity index (χ4n) is 2.69. The van der Waals surface area contributed by atoms with Crippen LogP contribution in [-0.4, -0.2) is 41.4 Å². The molecule has 6 heteroatoms. The molecular formula is C15H21N3O3. The average Bonchev–Trinajstić information content (AvgIpc) is 2.47. The normalized spacial score (nSPS) is 17.6. The van der Waals surface area contributed by atoms with Crippen LogP contribution in [-0.2, 0) is 0 Å². The van der Waals surface area contributed by atoms with Crippen molar-refractivity contribution in [1.29, 1.82) is 0 Å². The molecule has 21 heavy (non-hydrogen) atoms. The molecule has 0 spiro atoms. The predicted octanol–water partition coefficient (Wildman–Crippen LogP) is 2.12. The number of nitro groups is 1. The molecule has 2 rings (SSSR count). The van der Waals surface area contributed by atoms with Crippen LogP contribution in [0.1, 0.15) is 35.7 Å². The largest absolute Gasteiger partial charge is 0.338 e. The molecule has 1 aliphatic rings. The van der Waals surface area contributed by atoms with Gasteiger partial charge in [0, 0.05) is 24.7 Å². The number of aryl methyl sites for hydroxylation is 1. The SMILES string of the molecule is CNC1(C)CCN(C(=O)c2c(C)cccc2[N+](=O)[O-])CC1. The standard InChI is InChI=1S/C15H21N3O3/c1-11-5-4-6-12(18(20)21)13(11)14(19)17-9-7-15(2,16-3)8-10-17/h4-6,16H,7-10H2,1-3H3. The maximum Gasteiger partial charge on any atom is 0.282 e. The molecule has 0 unspecified atom stereocenters. The van der Waals surface area contributed by atoms with Gasteiger partial charge in [0.2, 0.25) is 0 Å². The second-order valence-corrected chi connectivity index (χ2v) is 5.83. The van der Waals surface area contributed by atoms with Gasteiger partial charge in [-0.3, -0.25) is 14.9 Å². The van der Waals surface area contributed by atoms with E-state index in [0.29, 0.717) is 18.7 Å². The van der Waals surface area contributed by atoms with Crippen molar-refractivity contribution < 1.29 is 9.72 Å². The first-order valence-corrected chi connectivity index (χ1v) is 7.10. The third-order valence-electron chi connectivity index (χ3n) is 4.42. The number of likely N-dealkylation sites (tertiary alicyclic amines) is 1. The summed E-state index contributed by atoms with van der Waals surface area (Å²) in [7, 11) is 1.92. The van der Waals surface area contributed by atoms with E-state index in [2.05, 4.69) is 12.2 Å². The van der Waals surface area contributed by atoms with Gasteiger partial charge in [0.15, 0.2) is 0 Å². The van der Waals surface area contributed by atoms with E-state index in [4.69, 9.17) is 0 Å². The van der Waals surface area contributed by atoms with Crippen molar-refractivity contribution in [2.45, 2.75) is 32.2 Å². The lowest BCUT2D eigenvalue weighted by Gasteiger charge is -2.39. The molecular weight excluding hydrogens is 270 g/mol. The molecule has 1 N–H and O–H groups in total. The summed E-state index contributed by atoms with van der Waals surface area (Å²) in [6.07, 6.45) is 1.68. The molecule has 0 saturated carbocycles. The van der Waals surface area contributed by atoms with E-state index in [0.717, 1.165) is 12.8 Å². The Hall–Kier alpha value is -1.95. The Morgan fingerprint density at radius 2 is 2.00 bits per heavy atom. The molecule has 0 atom stereocenters. The second kappa shape index (κ2) is 5.81. The van der Waals surface area contributed by atoms with Gasteiger partial charge in [-0.25, -0.2) is 0 Å². The minimum atomic E-state index is -0.484. The highest BCUT2D eigenvalue weighted by Gasteiger charge is 2.33. The Bertz CT molecular complexity index is 563. The summed E-state index contributed by atoms with van der Waals surface area (Å²) in [6, 6.07) is 4.74. The number of rotatable bonds is 3. The lowest BCUT2D eigenvalue weighted by Crippen LogP contribution is -2.51. The quantitative estimate of drug-likeness (QED) is 0.683. The van der Waals surface area contributed by atoms with Crippen LogP contribution in [0.3, 0.4) is 0 Å². The Balaban J connectivity index is 2.24. The topological polar surface area (TPSA) is 75.5 Å². The molecule has 6 nitrogen and oxygen atoms in total. The van der Waals surface area contributed by atoms with Crippen molar-refractivity contribution in [3.05, 3.63) is 39.4 Å². The highest BCUT2D eigenvalue weighted by Crippen LogP contribution is 2.27. The van der Waals surface area contributed by atoms with Crippen LogP contribution in [0.2, 0.25) is 0 Å². The summed E-state index contributed by atoms with van der Waals surface area (Å²) in [6.45, 7) is 5.09. The molecule has 1 aliphatic heterocycles. The number of amides is 1. The van der Waals surface area contributed by atoms with Gasteiger partial charge >= 0.3 is 0 Å². The van der Waals surface area contributed by atoms with Gasteiger partial charge < -0.3 is 10.2 Å². The highest BCUT2D eigenvalue weighted by atomic mass is 16.6. The summed E-state index contributed by atoms with van der Waals surface area (Å²) >= 11 is 0. The minimum Gasteiger partial charge on any atom is -0.338 e. The first kappa shape index (κ1) is 15.4. The summed E-state index contributed by atoms with van der Waals surface area (Å²) in [5.41, 5.74) is 0.794. The Morgan fingerprint density at radius 3 is 2.52 bits per heavy atom. The van der Waals surface area contributed by atoms with Crippen molar-refractivity contribution >= 4 is 11.6 Å². The number of hydrogen-bond acceptors (Lipinski definition) is 4. The maximum absolute atomic E-state index is 12.6. The summed E-state index contributed by atoms with van der Waals surface area (Å²) in [4.78, 5) is 25.0. The van der Waals surface area contributed by atoms with Gasteiger partial charge in [0.25, 0.3) is 11.6 Å². The molecule has 1 amide bonds. The predicted molar refractivity (Wildman–Crippen MR) is 80.4 cm³/mol. The van der Waals surface area contributed by atoms with Crippen molar-refractivity contribution in [3.63, 3.8) is 0 Å². The molecule has 0 aromatic heterocycles. The van der Waals surface area contributed by atoms with E-state index in [1.54, 1.807) is 24.0 Å². The van der Waals surface area contributed by atoms with Gasteiger partial charge in [-0.2, -0.15) is 0 Å². The fraction of sp³-hybridized carbons (Fsp3) is 0.533. The van der Waals surface area contributed by atoms with E-state index in [-0.39, 0.29) is 22.7 Å². The summed E-state index contributed by atoms with van der Waals surface area (Å²) < 4.78 is 0. The monoisotopic (exact) mass is 291 g/mol. The number of nitro benzene ring substituents is 1. The molecule has 1 aromatic rings. The summed E-state index contributed by atoms with van der Waals surface area (Å²) in [5, 5.41) is 14.4. The summed E-state index contributed by atoms with van der Waals surface area (Å²) in [5.74, 6) is -0.238. The molecule has 0 aliphatic carbocycles. The van der Waals surface area contributed by atoms with Crippen molar-refractivity contribution in [3.8, 4) is 0 Å². The maximum atomic E-state index is 12.6. The van der Waals surface area contributed by atoms with E-state index >= 15 is 0 Å². The first-order chi connectivity index (χ1) is 9.88. The zero-order valence-electron chi connectivity index (χ0n) is 12.7. The van der Waals surface area contributed by atoms with Crippen LogP contribution in [0, 0.1) is 17.0 Å². The lowest BCUT2D eigenvalue weighted by atomic mass is 9.89. The third kappa shape index (κ3) is 3.05. The fourth-order valence-corrected chi connectivity index (χ4v) is 2.69. The van der Waals surface area contributed by atoms with E-state index < -0.39 is 4.92 Å². The van der Waals surface area contributed by atoms with Crippen LogP contribution < -0.4 is 5.32 Å². The Labute approximate surface area is 124 Å². The van der Waals surface area contributed by atoms with Crippen molar-refractivity contribution in [2.24, 2.45) is 0 Å². The van der Waals surface area contributed by atoms with Gasteiger partial charge in [-0.05, 0) is 39.3 Å². The number of carbonyl (C=O) groups excluding carboxylic acids is 1. The Morgan fingerprint density at radius 1 is 1.38 bits per heavy atom.